The van der Waals surface area contributed by atoms with Gasteiger partial charge in [0.2, 0.25) is 0 Å². The maximum absolute atomic E-state index is 4.40. The van der Waals surface area contributed by atoms with Crippen molar-refractivity contribution in [1.82, 2.24) is 33.8 Å². The molecule has 13 heteroatoms. The normalized spacial score (nSPS) is 14.2. The molecule has 0 spiro atoms. The molecule has 0 saturated carbocycles. The molecule has 0 atom stereocenters. The van der Waals surface area contributed by atoms with Crippen molar-refractivity contribution < 1.29 is 0 Å². The highest BCUT2D eigenvalue weighted by atomic mass is 28.5. The van der Waals surface area contributed by atoms with Gasteiger partial charge in [-0.25, -0.2) is 0 Å². The van der Waals surface area contributed by atoms with E-state index in [1.165, 1.54) is 47.7 Å². The number of rotatable bonds is 24. The first-order valence-electron chi connectivity index (χ1n) is 16.9. The minimum atomic E-state index is -2.31. The van der Waals surface area contributed by atoms with Gasteiger partial charge in [-0.15, -0.1) is 0 Å². The Hall–Kier alpha value is 1.02. The van der Waals surface area contributed by atoms with Crippen molar-refractivity contribution >= 4 is 56.4 Å². The molecule has 6 N–H and O–H groups in total. The molecule has 0 aliphatic carbocycles. The molecule has 0 aliphatic heterocycles. The molecule has 0 fully saturated rings. The summed E-state index contributed by atoms with van der Waals surface area (Å²) in [5.41, 5.74) is 3.87. The Morgan fingerprint density at radius 2 is 0.525 bits per heavy atom. The number of nitrogens with zero attached hydrogens (tertiary/aromatic N) is 1. The SMILES string of the molecule is CC(C)CN[Si](C[SiH3])(NCC(C)C)N([Si](C[SiH3])(NCC(C)C)NCC(C)C)[Si](C[SiH3])(NCC(C)C)NCC(C)C. The highest BCUT2D eigenvalue weighted by Gasteiger charge is 2.60. The summed E-state index contributed by atoms with van der Waals surface area (Å²) in [5.74, 6) is 3.76. The number of hydrogen-bond acceptors (Lipinski definition) is 7. The van der Waals surface area contributed by atoms with Gasteiger partial charge in [0.25, 0.3) is 25.7 Å². The van der Waals surface area contributed by atoms with Crippen LogP contribution < -0.4 is 29.9 Å². The monoisotopic (exact) mass is 665 g/mol. The summed E-state index contributed by atoms with van der Waals surface area (Å²) in [5, 5.41) is 0. The van der Waals surface area contributed by atoms with Gasteiger partial charge in [-0.05, 0) is 91.8 Å². The van der Waals surface area contributed by atoms with Crippen LogP contribution in [0.2, 0.25) is 17.0 Å². The van der Waals surface area contributed by atoms with E-state index in [0.29, 0.717) is 35.5 Å². The smallest absolute Gasteiger partial charge is 0.271 e. The zero-order chi connectivity index (χ0) is 31.1. The molecule has 0 aromatic heterocycles. The van der Waals surface area contributed by atoms with Gasteiger partial charge < -0.3 is 29.9 Å². The second-order valence-electron chi connectivity index (χ2n) is 14.6. The van der Waals surface area contributed by atoms with Crippen LogP contribution in [0, 0.1) is 35.5 Å². The first-order chi connectivity index (χ1) is 18.5. The second kappa shape index (κ2) is 20.1. The van der Waals surface area contributed by atoms with Crippen molar-refractivity contribution in [1.29, 1.82) is 0 Å². The fraction of sp³-hybridized carbons (Fsp3) is 1.00. The summed E-state index contributed by atoms with van der Waals surface area (Å²) in [4.78, 5) is 26.4. The van der Waals surface area contributed by atoms with Crippen LogP contribution in [0.4, 0.5) is 0 Å². The van der Waals surface area contributed by atoms with Gasteiger partial charge in [0.05, 0.1) is 0 Å². The molecule has 0 rings (SSSR count). The molecule has 242 valence electrons. The lowest BCUT2D eigenvalue weighted by Crippen LogP contribution is -2.96. The molecule has 0 aliphatic rings. The van der Waals surface area contributed by atoms with Crippen LogP contribution in [0.1, 0.15) is 83.1 Å². The van der Waals surface area contributed by atoms with Gasteiger partial charge in [-0.1, -0.05) is 83.1 Å². The Morgan fingerprint density at radius 3 is 0.625 bits per heavy atom. The first kappa shape index (κ1) is 41.0. The molecule has 0 amide bonds. The average Bonchev–Trinajstić information content (AvgIpc) is 2.87. The van der Waals surface area contributed by atoms with Crippen LogP contribution in [0.3, 0.4) is 0 Å². The maximum Gasteiger partial charge on any atom is 0.271 e. The Labute approximate surface area is 264 Å². The molecule has 0 saturated heterocycles. The topological polar surface area (TPSA) is 75.4 Å². The van der Waals surface area contributed by atoms with Crippen LogP contribution in [0.5, 0.6) is 0 Å². The fourth-order valence-electron chi connectivity index (χ4n) is 5.10. The third kappa shape index (κ3) is 13.8. The quantitative estimate of drug-likeness (QED) is 0.0842. The lowest BCUT2D eigenvalue weighted by Gasteiger charge is -2.60. The minimum Gasteiger partial charge on any atom is -0.314 e. The Balaban J connectivity index is 7.67. The number of hydrogen-bond donors (Lipinski definition) is 6. The molecule has 40 heavy (non-hydrogen) atoms. The Bertz CT molecular complexity index is 531. The second-order valence-corrected chi connectivity index (χ2v) is 33.1. The summed E-state index contributed by atoms with van der Waals surface area (Å²) in [6, 6.07) is 0. The zero-order valence-corrected chi connectivity index (χ0v) is 38.8. The molecule has 0 unspecified atom stereocenters. The van der Waals surface area contributed by atoms with Crippen molar-refractivity contribution in [2.45, 2.75) is 100 Å². The fourth-order valence-corrected chi connectivity index (χ4v) is 39.9. The van der Waals surface area contributed by atoms with Crippen LogP contribution in [0.25, 0.3) is 0 Å². The Morgan fingerprint density at radius 1 is 0.375 bits per heavy atom. The van der Waals surface area contributed by atoms with Crippen LogP contribution in [-0.4, -0.2) is 99.6 Å². The van der Waals surface area contributed by atoms with Crippen molar-refractivity contribution in [3.05, 3.63) is 0 Å². The predicted octanol–water partition coefficient (Wildman–Crippen LogP) is 0.547. The first-order valence-corrected chi connectivity index (χ1v) is 27.6. The average molecular weight is 666 g/mol. The molecular weight excluding hydrogens is 591 g/mol. The summed E-state index contributed by atoms with van der Waals surface area (Å²) in [6.07, 6.45) is 0. The van der Waals surface area contributed by atoms with E-state index in [0.717, 1.165) is 39.3 Å². The highest BCUT2D eigenvalue weighted by molar-refractivity contribution is 7.05. The largest absolute Gasteiger partial charge is 0.314 e. The van der Waals surface area contributed by atoms with Crippen LogP contribution >= 0.6 is 0 Å². The van der Waals surface area contributed by atoms with Gasteiger partial charge in [0, 0.05) is 30.7 Å². The van der Waals surface area contributed by atoms with E-state index in [-0.39, 0.29) is 0 Å². The third-order valence-corrected chi connectivity index (χ3v) is 33.7. The van der Waals surface area contributed by atoms with E-state index in [1.807, 2.05) is 0 Å². The van der Waals surface area contributed by atoms with Crippen molar-refractivity contribution in [3.63, 3.8) is 0 Å². The molecular formula is C27H75N7Si6. The van der Waals surface area contributed by atoms with Crippen molar-refractivity contribution in [3.8, 4) is 0 Å². The van der Waals surface area contributed by atoms with E-state index in [1.54, 1.807) is 0 Å². The van der Waals surface area contributed by atoms with E-state index in [4.69, 9.17) is 0 Å². The molecule has 7 nitrogen and oxygen atoms in total. The summed E-state index contributed by atoms with van der Waals surface area (Å²) in [7, 11) is -3.36. The van der Waals surface area contributed by atoms with E-state index in [9.17, 15) is 0 Å². The summed E-state index contributed by atoms with van der Waals surface area (Å²) < 4.78 is 3.26. The van der Waals surface area contributed by atoms with Crippen molar-refractivity contribution in [2.24, 2.45) is 35.5 Å². The lowest BCUT2D eigenvalue weighted by atomic mass is 10.2. The van der Waals surface area contributed by atoms with E-state index in [2.05, 4.69) is 117 Å². The molecule has 0 bridgehead atoms. The van der Waals surface area contributed by atoms with Gasteiger partial charge >= 0.3 is 0 Å². The summed E-state index contributed by atoms with van der Waals surface area (Å²) >= 11 is 0. The van der Waals surface area contributed by atoms with Crippen LogP contribution in [-0.2, 0) is 0 Å². The van der Waals surface area contributed by atoms with E-state index >= 15 is 0 Å². The van der Waals surface area contributed by atoms with Gasteiger partial charge in [-0.2, -0.15) is 0 Å². The zero-order valence-electron chi connectivity index (χ0n) is 29.8. The third-order valence-electron chi connectivity index (χ3n) is 7.50. The lowest BCUT2D eigenvalue weighted by molar-refractivity contribution is 0.509. The van der Waals surface area contributed by atoms with E-state index < -0.39 is 25.7 Å². The van der Waals surface area contributed by atoms with Gasteiger partial charge in [0.15, 0.2) is 0 Å². The van der Waals surface area contributed by atoms with Gasteiger partial charge in [0.1, 0.15) is 0 Å². The molecule has 0 aromatic carbocycles. The standard InChI is InChI=1S/C27H75N7Si6/c1-22(2)13-28-38(19-35,29-14-23(3)4)34(39(20-36,30-15-24(5)6)31-16-25(7)8)40(21-37,32-17-26(9)10)33-18-27(11)12/h22-33H,13-21H2,1-12,35-37H3. The maximum atomic E-state index is 4.40. The van der Waals surface area contributed by atoms with Gasteiger partial charge in [-0.3, -0.25) is 3.90 Å². The molecule has 0 radical (unpaired) electrons. The molecule has 0 aromatic rings. The number of nitrogens with one attached hydrogen (secondary N) is 6. The highest BCUT2D eigenvalue weighted by Crippen LogP contribution is 2.26. The predicted molar refractivity (Wildman–Crippen MR) is 200 cm³/mol. The Kier molecular flexibility index (Phi) is 20.6. The minimum absolute atomic E-state index is 0.626. The van der Waals surface area contributed by atoms with Crippen molar-refractivity contribution in [2.75, 3.05) is 39.3 Å². The summed E-state index contributed by atoms with van der Waals surface area (Å²) in [6.45, 7) is 35.0. The molecule has 0 heterocycles. The van der Waals surface area contributed by atoms with Crippen LogP contribution in [0.15, 0.2) is 0 Å².